The number of hydrogen-bond acceptors (Lipinski definition) is 5. The Balaban J connectivity index is 2.08. The maximum absolute atomic E-state index is 11.5. The second-order valence-corrected chi connectivity index (χ2v) is 5.15. The molecule has 0 saturated heterocycles. The Hall–Kier alpha value is -2.11. The number of carbonyl (C=O) groups excluding carboxylic acids is 1. The molecule has 2 rings (SSSR count). The number of nitro groups is 1. The molecule has 0 radical (unpaired) electrons. The van der Waals surface area contributed by atoms with Gasteiger partial charge in [-0.3, -0.25) is 14.9 Å². The third kappa shape index (κ3) is 3.07. The van der Waals surface area contributed by atoms with Crippen LogP contribution in [-0.2, 0) is 9.53 Å². The van der Waals surface area contributed by atoms with Gasteiger partial charge in [-0.05, 0) is 37.8 Å². The van der Waals surface area contributed by atoms with Crippen LogP contribution < -0.4 is 5.32 Å². The van der Waals surface area contributed by atoms with Crippen molar-refractivity contribution < 1.29 is 14.5 Å². The van der Waals surface area contributed by atoms with Crippen molar-refractivity contribution in [3.05, 3.63) is 33.9 Å². The quantitative estimate of drug-likeness (QED) is 0.520. The Bertz CT molecular complexity index is 530. The first kappa shape index (κ1) is 14.3. The van der Waals surface area contributed by atoms with Gasteiger partial charge in [0.2, 0.25) is 0 Å². The lowest BCUT2D eigenvalue weighted by molar-refractivity contribution is -0.384. The number of benzene rings is 1. The van der Waals surface area contributed by atoms with Gasteiger partial charge in [0.25, 0.3) is 5.69 Å². The predicted molar refractivity (Wildman–Crippen MR) is 74.6 cm³/mol. The van der Waals surface area contributed by atoms with E-state index in [4.69, 9.17) is 4.74 Å². The number of methoxy groups -OCH3 is 1. The maximum Gasteiger partial charge on any atom is 0.308 e. The highest BCUT2D eigenvalue weighted by atomic mass is 16.6. The first-order chi connectivity index (χ1) is 9.51. The van der Waals surface area contributed by atoms with Gasteiger partial charge in [0.15, 0.2) is 0 Å². The molecule has 0 spiro atoms. The zero-order valence-electron chi connectivity index (χ0n) is 11.6. The fourth-order valence-electron chi connectivity index (χ4n) is 2.63. The standard InChI is InChI=1S/C14H18N2O4/c1-9-3-6-12(13(7-9)16(18)19)15-11-5-4-10(8-11)14(17)20-2/h3,6-7,10-11,15H,4-5,8H2,1-2H3/t10-,11+/m0/s1. The molecular weight excluding hydrogens is 260 g/mol. The summed E-state index contributed by atoms with van der Waals surface area (Å²) < 4.78 is 4.74. The van der Waals surface area contributed by atoms with E-state index in [0.29, 0.717) is 12.1 Å². The molecule has 1 aliphatic rings. The number of nitrogens with one attached hydrogen (secondary N) is 1. The number of carbonyl (C=O) groups is 1. The van der Waals surface area contributed by atoms with Crippen molar-refractivity contribution in [1.82, 2.24) is 0 Å². The number of nitro benzene ring substituents is 1. The lowest BCUT2D eigenvalue weighted by Gasteiger charge is -2.14. The molecule has 0 aromatic heterocycles. The number of esters is 1. The molecule has 6 heteroatoms. The minimum atomic E-state index is -0.387. The fraction of sp³-hybridized carbons (Fsp3) is 0.500. The van der Waals surface area contributed by atoms with Crippen LogP contribution in [0.15, 0.2) is 18.2 Å². The highest BCUT2D eigenvalue weighted by Crippen LogP contribution is 2.32. The van der Waals surface area contributed by atoms with Crippen LogP contribution in [0.5, 0.6) is 0 Å². The SMILES string of the molecule is COC(=O)[C@H]1CC[C@@H](Nc2ccc(C)cc2[N+](=O)[O-])C1. The fourth-order valence-corrected chi connectivity index (χ4v) is 2.63. The number of aryl methyl sites for hydroxylation is 1. The summed E-state index contributed by atoms with van der Waals surface area (Å²) in [7, 11) is 1.38. The molecule has 108 valence electrons. The molecule has 1 aromatic rings. The van der Waals surface area contributed by atoms with Gasteiger partial charge in [-0.2, -0.15) is 0 Å². The van der Waals surface area contributed by atoms with Gasteiger partial charge in [0, 0.05) is 12.1 Å². The van der Waals surface area contributed by atoms with Crippen LogP contribution >= 0.6 is 0 Å². The molecule has 1 aromatic carbocycles. The summed E-state index contributed by atoms with van der Waals surface area (Å²) in [5.41, 5.74) is 1.43. The van der Waals surface area contributed by atoms with Crippen molar-refractivity contribution >= 4 is 17.3 Å². The Morgan fingerprint density at radius 3 is 2.85 bits per heavy atom. The molecule has 1 aliphatic carbocycles. The van der Waals surface area contributed by atoms with Crippen LogP contribution in [0.2, 0.25) is 0 Å². The minimum absolute atomic E-state index is 0.0699. The minimum Gasteiger partial charge on any atom is -0.469 e. The molecule has 6 nitrogen and oxygen atoms in total. The molecule has 0 aliphatic heterocycles. The molecular formula is C14H18N2O4. The van der Waals surface area contributed by atoms with Crippen LogP contribution in [-0.4, -0.2) is 24.0 Å². The van der Waals surface area contributed by atoms with Crippen molar-refractivity contribution in [1.29, 1.82) is 0 Å². The summed E-state index contributed by atoms with van der Waals surface area (Å²) >= 11 is 0. The van der Waals surface area contributed by atoms with Crippen molar-refractivity contribution in [2.24, 2.45) is 5.92 Å². The monoisotopic (exact) mass is 278 g/mol. The van der Waals surface area contributed by atoms with Crippen molar-refractivity contribution in [3.8, 4) is 0 Å². The van der Waals surface area contributed by atoms with Gasteiger partial charge in [-0.1, -0.05) is 6.07 Å². The Kier molecular flexibility index (Phi) is 4.22. The molecule has 0 amide bonds. The summed E-state index contributed by atoms with van der Waals surface area (Å²) in [5.74, 6) is -0.310. The average molecular weight is 278 g/mol. The first-order valence-corrected chi connectivity index (χ1v) is 6.60. The molecule has 0 bridgehead atoms. The van der Waals surface area contributed by atoms with Gasteiger partial charge in [-0.15, -0.1) is 0 Å². The summed E-state index contributed by atoms with van der Waals surface area (Å²) in [6.45, 7) is 1.82. The summed E-state index contributed by atoms with van der Waals surface area (Å²) in [6.07, 6.45) is 2.21. The number of rotatable bonds is 4. The van der Waals surface area contributed by atoms with Crippen molar-refractivity contribution in [2.45, 2.75) is 32.2 Å². The van der Waals surface area contributed by atoms with E-state index in [-0.39, 0.29) is 28.5 Å². The van der Waals surface area contributed by atoms with E-state index in [0.717, 1.165) is 18.4 Å². The molecule has 0 unspecified atom stereocenters. The first-order valence-electron chi connectivity index (χ1n) is 6.60. The molecule has 1 saturated carbocycles. The van der Waals surface area contributed by atoms with Crippen LogP contribution in [0.3, 0.4) is 0 Å². The third-order valence-electron chi connectivity index (χ3n) is 3.68. The number of hydrogen-bond donors (Lipinski definition) is 1. The number of nitrogens with zero attached hydrogens (tertiary/aromatic N) is 1. The van der Waals surface area contributed by atoms with Gasteiger partial charge < -0.3 is 10.1 Å². The largest absolute Gasteiger partial charge is 0.469 e. The lowest BCUT2D eigenvalue weighted by atomic mass is 10.1. The number of ether oxygens (including phenoxy) is 1. The zero-order chi connectivity index (χ0) is 14.7. The summed E-state index contributed by atoms with van der Waals surface area (Å²) in [5, 5.41) is 14.2. The second kappa shape index (κ2) is 5.90. The zero-order valence-corrected chi connectivity index (χ0v) is 11.6. The lowest BCUT2D eigenvalue weighted by Crippen LogP contribution is -2.19. The maximum atomic E-state index is 11.5. The molecule has 1 N–H and O–H groups in total. The predicted octanol–water partition coefficient (Wildman–Crippen LogP) is 2.66. The van der Waals surface area contributed by atoms with Crippen molar-refractivity contribution in [3.63, 3.8) is 0 Å². The van der Waals surface area contributed by atoms with E-state index < -0.39 is 0 Å². The highest BCUT2D eigenvalue weighted by Gasteiger charge is 2.31. The van der Waals surface area contributed by atoms with Crippen LogP contribution in [0.1, 0.15) is 24.8 Å². The Morgan fingerprint density at radius 2 is 2.20 bits per heavy atom. The normalized spacial score (nSPS) is 21.5. The van der Waals surface area contributed by atoms with E-state index in [1.807, 2.05) is 13.0 Å². The van der Waals surface area contributed by atoms with E-state index in [9.17, 15) is 14.9 Å². The van der Waals surface area contributed by atoms with E-state index >= 15 is 0 Å². The molecule has 20 heavy (non-hydrogen) atoms. The van der Waals surface area contributed by atoms with Crippen LogP contribution in [0, 0.1) is 23.0 Å². The van der Waals surface area contributed by atoms with Crippen molar-refractivity contribution in [2.75, 3.05) is 12.4 Å². The van der Waals surface area contributed by atoms with Crippen LogP contribution in [0.4, 0.5) is 11.4 Å². The van der Waals surface area contributed by atoms with E-state index in [1.165, 1.54) is 7.11 Å². The molecule has 2 atom stereocenters. The summed E-state index contributed by atoms with van der Waals surface area (Å²) in [4.78, 5) is 22.1. The Morgan fingerprint density at radius 1 is 1.45 bits per heavy atom. The third-order valence-corrected chi connectivity index (χ3v) is 3.68. The topological polar surface area (TPSA) is 81.5 Å². The molecule has 0 heterocycles. The number of anilines is 1. The van der Waals surface area contributed by atoms with Gasteiger partial charge in [0.1, 0.15) is 5.69 Å². The summed E-state index contributed by atoms with van der Waals surface area (Å²) in [6, 6.07) is 5.18. The van der Waals surface area contributed by atoms with Crippen LogP contribution in [0.25, 0.3) is 0 Å². The smallest absolute Gasteiger partial charge is 0.308 e. The average Bonchev–Trinajstić information content (AvgIpc) is 2.88. The van der Waals surface area contributed by atoms with E-state index in [1.54, 1.807) is 12.1 Å². The second-order valence-electron chi connectivity index (χ2n) is 5.15. The molecule has 1 fully saturated rings. The highest BCUT2D eigenvalue weighted by molar-refractivity contribution is 5.73. The van der Waals surface area contributed by atoms with Gasteiger partial charge >= 0.3 is 5.97 Å². The van der Waals surface area contributed by atoms with E-state index in [2.05, 4.69) is 5.32 Å². The Labute approximate surface area is 117 Å². The van der Waals surface area contributed by atoms with Gasteiger partial charge in [0.05, 0.1) is 18.0 Å². The van der Waals surface area contributed by atoms with Gasteiger partial charge in [-0.25, -0.2) is 0 Å².